The summed E-state index contributed by atoms with van der Waals surface area (Å²) in [6.45, 7) is 8.60. The van der Waals surface area contributed by atoms with E-state index in [0.717, 1.165) is 18.0 Å². The number of hydrogen-bond donors (Lipinski definition) is 1. The summed E-state index contributed by atoms with van der Waals surface area (Å²) >= 11 is 0. The Labute approximate surface area is 107 Å². The lowest BCUT2D eigenvalue weighted by Gasteiger charge is -2.24. The van der Waals surface area contributed by atoms with Crippen LogP contribution in [0.15, 0.2) is 0 Å². The van der Waals surface area contributed by atoms with Gasteiger partial charge in [-0.1, -0.05) is 33.1 Å². The Morgan fingerprint density at radius 1 is 1.24 bits per heavy atom. The van der Waals surface area contributed by atoms with Crippen molar-refractivity contribution in [3.63, 3.8) is 0 Å². The fraction of sp³-hybridized carbons (Fsp3) is 1.00. The van der Waals surface area contributed by atoms with Gasteiger partial charge in [-0.3, -0.25) is 4.90 Å². The Kier molecular flexibility index (Phi) is 5.30. The molecule has 2 heteroatoms. The zero-order chi connectivity index (χ0) is 12.1. The van der Waals surface area contributed by atoms with Crippen LogP contribution in [0.5, 0.6) is 0 Å². The van der Waals surface area contributed by atoms with Gasteiger partial charge in [-0.2, -0.15) is 0 Å². The lowest BCUT2D eigenvalue weighted by Crippen LogP contribution is -2.41. The molecule has 0 bridgehead atoms. The Hall–Kier alpha value is -0.0800. The number of nitrogens with zero attached hydrogens (tertiary/aromatic N) is 1. The summed E-state index contributed by atoms with van der Waals surface area (Å²) in [5.74, 6) is 0.908. The van der Waals surface area contributed by atoms with Crippen LogP contribution >= 0.6 is 0 Å². The number of unbranched alkanes of at least 4 members (excludes halogenated alkanes) is 1. The molecule has 3 atom stereocenters. The van der Waals surface area contributed by atoms with Crippen molar-refractivity contribution in [2.45, 2.75) is 70.9 Å². The third kappa shape index (κ3) is 3.45. The maximum Gasteiger partial charge on any atom is 0.0250 e. The van der Waals surface area contributed by atoms with Crippen LogP contribution in [0.3, 0.4) is 0 Å². The smallest absolute Gasteiger partial charge is 0.0250 e. The summed E-state index contributed by atoms with van der Waals surface area (Å²) in [6.07, 6.45) is 9.75. The van der Waals surface area contributed by atoms with Crippen molar-refractivity contribution in [2.75, 3.05) is 19.6 Å². The van der Waals surface area contributed by atoms with Gasteiger partial charge in [0, 0.05) is 18.6 Å². The summed E-state index contributed by atoms with van der Waals surface area (Å²) in [6, 6.07) is 1.67. The van der Waals surface area contributed by atoms with E-state index in [1.54, 1.807) is 0 Å². The summed E-state index contributed by atoms with van der Waals surface area (Å²) in [5.41, 5.74) is 0. The van der Waals surface area contributed by atoms with Crippen molar-refractivity contribution in [1.29, 1.82) is 0 Å². The van der Waals surface area contributed by atoms with Crippen LogP contribution in [0.2, 0.25) is 0 Å². The molecular formula is C15H30N2. The molecule has 100 valence electrons. The van der Waals surface area contributed by atoms with Gasteiger partial charge in [0.1, 0.15) is 0 Å². The summed E-state index contributed by atoms with van der Waals surface area (Å²) in [4.78, 5) is 2.70. The fourth-order valence-electron chi connectivity index (χ4n) is 3.58. The topological polar surface area (TPSA) is 15.3 Å². The molecule has 2 nitrogen and oxygen atoms in total. The molecule has 0 saturated carbocycles. The quantitative estimate of drug-likeness (QED) is 0.733. The van der Waals surface area contributed by atoms with Crippen LogP contribution in [0.1, 0.15) is 58.8 Å². The van der Waals surface area contributed by atoms with Crippen LogP contribution in [-0.4, -0.2) is 36.6 Å². The molecule has 2 fully saturated rings. The first-order valence-corrected chi connectivity index (χ1v) is 7.82. The molecule has 1 N–H and O–H groups in total. The second kappa shape index (κ2) is 6.75. The predicted molar refractivity (Wildman–Crippen MR) is 74.3 cm³/mol. The van der Waals surface area contributed by atoms with Gasteiger partial charge in [0.15, 0.2) is 0 Å². The van der Waals surface area contributed by atoms with E-state index in [4.69, 9.17) is 0 Å². The number of nitrogens with one attached hydrogen (secondary N) is 1. The molecule has 17 heavy (non-hydrogen) atoms. The zero-order valence-corrected chi connectivity index (χ0v) is 11.8. The first kappa shape index (κ1) is 13.4. The fourth-order valence-corrected chi connectivity index (χ4v) is 3.58. The normalized spacial score (nSPS) is 30.7. The maximum absolute atomic E-state index is 3.87. The minimum Gasteiger partial charge on any atom is -0.312 e. The SMILES string of the molecule is CCCCC(CC)CNC1CCN2CCCC12. The predicted octanol–water partition coefficient (Wildman–Crippen LogP) is 3.03. The average molecular weight is 238 g/mol. The Bertz CT molecular complexity index is 217. The minimum atomic E-state index is 0.799. The van der Waals surface area contributed by atoms with E-state index in [0.29, 0.717) is 0 Å². The Balaban J connectivity index is 1.69. The monoisotopic (exact) mass is 238 g/mol. The molecule has 0 amide bonds. The van der Waals surface area contributed by atoms with Crippen molar-refractivity contribution in [3.05, 3.63) is 0 Å². The molecular weight excluding hydrogens is 208 g/mol. The van der Waals surface area contributed by atoms with Gasteiger partial charge < -0.3 is 5.32 Å². The van der Waals surface area contributed by atoms with Gasteiger partial charge in [-0.05, 0) is 44.7 Å². The lowest BCUT2D eigenvalue weighted by atomic mass is 9.98. The average Bonchev–Trinajstić information content (AvgIpc) is 2.93. The number of hydrogen-bond acceptors (Lipinski definition) is 2. The second-order valence-corrected chi connectivity index (χ2v) is 5.97. The molecule has 0 radical (unpaired) electrons. The minimum absolute atomic E-state index is 0.799. The summed E-state index contributed by atoms with van der Waals surface area (Å²) in [7, 11) is 0. The molecule has 2 aliphatic rings. The van der Waals surface area contributed by atoms with E-state index in [1.807, 2.05) is 0 Å². The van der Waals surface area contributed by atoms with Gasteiger partial charge >= 0.3 is 0 Å². The van der Waals surface area contributed by atoms with Crippen molar-refractivity contribution in [2.24, 2.45) is 5.92 Å². The molecule has 0 aromatic rings. The van der Waals surface area contributed by atoms with Crippen molar-refractivity contribution in [1.82, 2.24) is 10.2 Å². The van der Waals surface area contributed by atoms with E-state index < -0.39 is 0 Å². The molecule has 3 unspecified atom stereocenters. The molecule has 2 saturated heterocycles. The highest BCUT2D eigenvalue weighted by molar-refractivity contribution is 4.95. The highest BCUT2D eigenvalue weighted by Gasteiger charge is 2.36. The van der Waals surface area contributed by atoms with E-state index >= 15 is 0 Å². The molecule has 0 aromatic heterocycles. The van der Waals surface area contributed by atoms with Gasteiger partial charge in [0.25, 0.3) is 0 Å². The van der Waals surface area contributed by atoms with Crippen LogP contribution in [0.4, 0.5) is 0 Å². The highest BCUT2D eigenvalue weighted by Crippen LogP contribution is 2.28. The van der Waals surface area contributed by atoms with Crippen LogP contribution in [0, 0.1) is 5.92 Å². The van der Waals surface area contributed by atoms with Crippen LogP contribution in [-0.2, 0) is 0 Å². The maximum atomic E-state index is 3.87. The van der Waals surface area contributed by atoms with Gasteiger partial charge in [0.2, 0.25) is 0 Å². The zero-order valence-electron chi connectivity index (χ0n) is 11.8. The molecule has 0 aliphatic carbocycles. The van der Waals surface area contributed by atoms with E-state index in [1.165, 1.54) is 64.6 Å². The van der Waals surface area contributed by atoms with Gasteiger partial charge in [0.05, 0.1) is 0 Å². The van der Waals surface area contributed by atoms with Crippen LogP contribution in [0.25, 0.3) is 0 Å². The second-order valence-electron chi connectivity index (χ2n) is 5.97. The molecule has 0 spiro atoms. The van der Waals surface area contributed by atoms with Gasteiger partial charge in [-0.15, -0.1) is 0 Å². The summed E-state index contributed by atoms with van der Waals surface area (Å²) < 4.78 is 0. The van der Waals surface area contributed by atoms with Crippen molar-refractivity contribution in [3.8, 4) is 0 Å². The van der Waals surface area contributed by atoms with Gasteiger partial charge in [-0.25, -0.2) is 0 Å². The van der Waals surface area contributed by atoms with E-state index in [2.05, 4.69) is 24.1 Å². The molecule has 2 aliphatic heterocycles. The lowest BCUT2D eigenvalue weighted by molar-refractivity contribution is 0.289. The highest BCUT2D eigenvalue weighted by atomic mass is 15.2. The largest absolute Gasteiger partial charge is 0.312 e. The third-order valence-electron chi connectivity index (χ3n) is 4.82. The molecule has 2 heterocycles. The van der Waals surface area contributed by atoms with E-state index in [9.17, 15) is 0 Å². The van der Waals surface area contributed by atoms with Crippen molar-refractivity contribution < 1.29 is 0 Å². The standard InChI is InChI=1S/C15H30N2/c1-3-5-7-13(4-2)12-16-14-9-11-17-10-6-8-15(14)17/h13-16H,3-12H2,1-2H3. The summed E-state index contributed by atoms with van der Waals surface area (Å²) in [5, 5.41) is 3.87. The Morgan fingerprint density at radius 3 is 2.88 bits per heavy atom. The first-order valence-electron chi connectivity index (χ1n) is 7.82. The van der Waals surface area contributed by atoms with Crippen LogP contribution < -0.4 is 5.32 Å². The Morgan fingerprint density at radius 2 is 2.12 bits per heavy atom. The molecule has 2 rings (SSSR count). The number of fused-ring (bicyclic) bond motifs is 1. The number of rotatable bonds is 7. The molecule has 0 aromatic carbocycles. The third-order valence-corrected chi connectivity index (χ3v) is 4.82. The first-order chi connectivity index (χ1) is 8.35. The van der Waals surface area contributed by atoms with E-state index in [-0.39, 0.29) is 0 Å². The van der Waals surface area contributed by atoms with Crippen molar-refractivity contribution >= 4 is 0 Å².